The molecule has 0 radical (unpaired) electrons. The lowest BCUT2D eigenvalue weighted by molar-refractivity contribution is 0.346. The van der Waals surface area contributed by atoms with Crippen molar-refractivity contribution in [1.82, 2.24) is 5.32 Å². The summed E-state index contributed by atoms with van der Waals surface area (Å²) in [6, 6.07) is 1.25. The van der Waals surface area contributed by atoms with Gasteiger partial charge < -0.3 is 11.1 Å². The molecule has 1 unspecified atom stereocenters. The molecule has 0 saturated heterocycles. The van der Waals surface area contributed by atoms with Gasteiger partial charge in [-0.2, -0.15) is 0 Å². The SMILES string of the molecule is CC(CN)NC1CCCCC1. The Kier molecular flexibility index (Phi) is 3.87. The van der Waals surface area contributed by atoms with E-state index in [4.69, 9.17) is 5.73 Å². The molecule has 0 aromatic carbocycles. The molecule has 66 valence electrons. The zero-order valence-corrected chi connectivity index (χ0v) is 7.47. The maximum Gasteiger partial charge on any atom is 0.0164 e. The molecule has 0 aliphatic heterocycles. The molecule has 1 rings (SSSR count). The van der Waals surface area contributed by atoms with Crippen LogP contribution in [0.3, 0.4) is 0 Å². The summed E-state index contributed by atoms with van der Waals surface area (Å²) in [7, 11) is 0. The first kappa shape index (κ1) is 9.01. The van der Waals surface area contributed by atoms with E-state index in [0.717, 1.165) is 12.6 Å². The van der Waals surface area contributed by atoms with Crippen molar-refractivity contribution in [2.75, 3.05) is 6.54 Å². The highest BCUT2D eigenvalue weighted by Gasteiger charge is 2.13. The fraction of sp³-hybridized carbons (Fsp3) is 1.00. The van der Waals surface area contributed by atoms with Gasteiger partial charge in [0, 0.05) is 18.6 Å². The van der Waals surface area contributed by atoms with Crippen LogP contribution in [0.4, 0.5) is 0 Å². The van der Waals surface area contributed by atoms with E-state index in [2.05, 4.69) is 12.2 Å². The maximum absolute atomic E-state index is 5.53. The minimum atomic E-state index is 0.498. The molecular formula is C9H20N2. The average molecular weight is 156 g/mol. The van der Waals surface area contributed by atoms with Crippen LogP contribution >= 0.6 is 0 Å². The number of hydrogen-bond acceptors (Lipinski definition) is 2. The van der Waals surface area contributed by atoms with Crippen LogP contribution in [0.5, 0.6) is 0 Å². The Morgan fingerprint density at radius 3 is 2.55 bits per heavy atom. The first-order valence-corrected chi connectivity index (χ1v) is 4.79. The fourth-order valence-electron chi connectivity index (χ4n) is 1.74. The van der Waals surface area contributed by atoms with Crippen molar-refractivity contribution in [3.05, 3.63) is 0 Å². The number of nitrogens with one attached hydrogen (secondary N) is 1. The van der Waals surface area contributed by atoms with Gasteiger partial charge in [0.15, 0.2) is 0 Å². The Bertz CT molecular complexity index is 97.7. The van der Waals surface area contributed by atoms with E-state index < -0.39 is 0 Å². The zero-order chi connectivity index (χ0) is 8.10. The summed E-state index contributed by atoms with van der Waals surface area (Å²) in [6.07, 6.45) is 6.92. The second-order valence-electron chi connectivity index (χ2n) is 3.64. The van der Waals surface area contributed by atoms with E-state index >= 15 is 0 Å². The molecule has 0 spiro atoms. The highest BCUT2D eigenvalue weighted by molar-refractivity contribution is 4.75. The molecule has 0 heterocycles. The Morgan fingerprint density at radius 2 is 2.00 bits per heavy atom. The van der Waals surface area contributed by atoms with Gasteiger partial charge >= 0.3 is 0 Å². The van der Waals surface area contributed by atoms with Gasteiger partial charge in [0.25, 0.3) is 0 Å². The second kappa shape index (κ2) is 4.73. The molecule has 1 aliphatic rings. The predicted octanol–water partition coefficient (Wildman–Crippen LogP) is 1.26. The van der Waals surface area contributed by atoms with Crippen LogP contribution < -0.4 is 11.1 Å². The third-order valence-electron chi connectivity index (χ3n) is 2.48. The van der Waals surface area contributed by atoms with Crippen molar-refractivity contribution >= 4 is 0 Å². The summed E-state index contributed by atoms with van der Waals surface area (Å²) in [5.74, 6) is 0. The van der Waals surface area contributed by atoms with Crippen LogP contribution in [-0.4, -0.2) is 18.6 Å². The summed E-state index contributed by atoms with van der Waals surface area (Å²) in [4.78, 5) is 0. The minimum Gasteiger partial charge on any atom is -0.329 e. The lowest BCUT2D eigenvalue weighted by Gasteiger charge is -2.25. The van der Waals surface area contributed by atoms with Gasteiger partial charge in [0.1, 0.15) is 0 Å². The molecule has 3 N–H and O–H groups in total. The molecule has 0 bridgehead atoms. The Hall–Kier alpha value is -0.0800. The standard InChI is InChI=1S/C9H20N2/c1-8(7-10)11-9-5-3-2-4-6-9/h8-9,11H,2-7,10H2,1H3. The van der Waals surface area contributed by atoms with E-state index in [1.54, 1.807) is 0 Å². The van der Waals surface area contributed by atoms with E-state index in [1.165, 1.54) is 32.1 Å². The summed E-state index contributed by atoms with van der Waals surface area (Å²) in [5, 5.41) is 3.54. The lowest BCUT2D eigenvalue weighted by Crippen LogP contribution is -2.41. The van der Waals surface area contributed by atoms with Crippen LogP contribution in [0.25, 0.3) is 0 Å². The van der Waals surface area contributed by atoms with Crippen LogP contribution in [0.1, 0.15) is 39.0 Å². The summed E-state index contributed by atoms with van der Waals surface area (Å²) < 4.78 is 0. The van der Waals surface area contributed by atoms with E-state index in [0.29, 0.717) is 6.04 Å². The first-order chi connectivity index (χ1) is 5.33. The summed E-state index contributed by atoms with van der Waals surface area (Å²) in [5.41, 5.74) is 5.53. The van der Waals surface area contributed by atoms with E-state index in [-0.39, 0.29) is 0 Å². The largest absolute Gasteiger partial charge is 0.329 e. The van der Waals surface area contributed by atoms with E-state index in [1.807, 2.05) is 0 Å². The Morgan fingerprint density at radius 1 is 1.36 bits per heavy atom. The van der Waals surface area contributed by atoms with Crippen molar-refractivity contribution < 1.29 is 0 Å². The molecular weight excluding hydrogens is 136 g/mol. The highest BCUT2D eigenvalue weighted by Crippen LogP contribution is 2.17. The van der Waals surface area contributed by atoms with Crippen molar-refractivity contribution in [2.24, 2.45) is 5.73 Å². The molecule has 2 nitrogen and oxygen atoms in total. The number of nitrogens with two attached hydrogens (primary N) is 1. The molecule has 0 aromatic heterocycles. The second-order valence-corrected chi connectivity index (χ2v) is 3.64. The van der Waals surface area contributed by atoms with Crippen molar-refractivity contribution in [3.8, 4) is 0 Å². The molecule has 1 fully saturated rings. The topological polar surface area (TPSA) is 38.0 Å². The smallest absolute Gasteiger partial charge is 0.0164 e. The third-order valence-corrected chi connectivity index (χ3v) is 2.48. The first-order valence-electron chi connectivity index (χ1n) is 4.79. The minimum absolute atomic E-state index is 0.498. The normalized spacial score (nSPS) is 23.5. The van der Waals surface area contributed by atoms with Gasteiger partial charge in [0.2, 0.25) is 0 Å². The van der Waals surface area contributed by atoms with Gasteiger partial charge in [-0.05, 0) is 19.8 Å². The molecule has 1 atom stereocenters. The van der Waals surface area contributed by atoms with Gasteiger partial charge in [-0.25, -0.2) is 0 Å². The molecule has 0 aromatic rings. The van der Waals surface area contributed by atoms with Crippen molar-refractivity contribution in [3.63, 3.8) is 0 Å². The van der Waals surface area contributed by atoms with Crippen LogP contribution in [0.15, 0.2) is 0 Å². The third kappa shape index (κ3) is 3.21. The summed E-state index contributed by atoms with van der Waals surface area (Å²) >= 11 is 0. The van der Waals surface area contributed by atoms with Gasteiger partial charge in [0.05, 0.1) is 0 Å². The predicted molar refractivity (Wildman–Crippen MR) is 48.5 cm³/mol. The molecule has 0 amide bonds. The van der Waals surface area contributed by atoms with Crippen molar-refractivity contribution in [1.29, 1.82) is 0 Å². The quantitative estimate of drug-likeness (QED) is 0.645. The number of hydrogen-bond donors (Lipinski definition) is 2. The lowest BCUT2D eigenvalue weighted by atomic mass is 9.95. The van der Waals surface area contributed by atoms with E-state index in [9.17, 15) is 0 Å². The monoisotopic (exact) mass is 156 g/mol. The number of rotatable bonds is 3. The van der Waals surface area contributed by atoms with Gasteiger partial charge in [-0.3, -0.25) is 0 Å². The Labute approximate surface area is 69.5 Å². The fourth-order valence-corrected chi connectivity index (χ4v) is 1.74. The van der Waals surface area contributed by atoms with Gasteiger partial charge in [-0.1, -0.05) is 19.3 Å². The van der Waals surface area contributed by atoms with Crippen LogP contribution in [-0.2, 0) is 0 Å². The highest BCUT2D eigenvalue weighted by atomic mass is 15.0. The Balaban J connectivity index is 2.13. The van der Waals surface area contributed by atoms with Crippen LogP contribution in [0, 0.1) is 0 Å². The summed E-state index contributed by atoms with van der Waals surface area (Å²) in [6.45, 7) is 2.92. The maximum atomic E-state index is 5.53. The zero-order valence-electron chi connectivity index (χ0n) is 7.47. The molecule has 1 aliphatic carbocycles. The van der Waals surface area contributed by atoms with Crippen LogP contribution in [0.2, 0.25) is 0 Å². The molecule has 1 saturated carbocycles. The average Bonchev–Trinajstić information content (AvgIpc) is 2.06. The molecule has 2 heteroatoms. The molecule has 11 heavy (non-hydrogen) atoms. The van der Waals surface area contributed by atoms with Crippen molar-refractivity contribution in [2.45, 2.75) is 51.1 Å². The van der Waals surface area contributed by atoms with Gasteiger partial charge in [-0.15, -0.1) is 0 Å².